The summed E-state index contributed by atoms with van der Waals surface area (Å²) in [6.07, 6.45) is 0. The molecular weight excluding hydrogens is 158 g/mol. The van der Waals surface area contributed by atoms with Crippen LogP contribution < -0.4 is 16.4 Å². The molecular formula is C2H4FeNO4+2. The van der Waals surface area contributed by atoms with Crippen LogP contribution in [0, 0.1) is 0 Å². The second kappa shape index (κ2) is 6.42. The Balaban J connectivity index is -0.000000125. The second-order valence-electron chi connectivity index (χ2n) is 0.575. The number of carboxylic acid groups (broad SMARTS) is 2. The number of quaternary nitrogens is 1. The molecule has 0 saturated heterocycles. The summed E-state index contributed by atoms with van der Waals surface area (Å²) in [6.45, 7) is 0. The van der Waals surface area contributed by atoms with Crippen molar-refractivity contribution in [1.29, 1.82) is 0 Å². The van der Waals surface area contributed by atoms with E-state index in [1.54, 1.807) is 0 Å². The zero-order valence-corrected chi connectivity index (χ0v) is 5.09. The third-order valence-corrected chi connectivity index (χ3v) is 0.167. The van der Waals surface area contributed by atoms with E-state index in [1.807, 2.05) is 0 Å². The maximum absolute atomic E-state index is 8.93. The van der Waals surface area contributed by atoms with Crippen molar-refractivity contribution in [3.63, 3.8) is 0 Å². The first-order valence-corrected chi connectivity index (χ1v) is 1.07. The molecule has 0 heterocycles. The minimum atomic E-state index is -2.19. The predicted molar refractivity (Wildman–Crippen MR) is 16.0 cm³/mol. The van der Waals surface area contributed by atoms with Crippen molar-refractivity contribution in [2.45, 2.75) is 0 Å². The number of rotatable bonds is 0. The molecule has 0 fully saturated rings. The summed E-state index contributed by atoms with van der Waals surface area (Å²) >= 11 is 0. The Bertz CT molecular complexity index is 80.0. The quantitative estimate of drug-likeness (QED) is 0.299. The number of carbonyl (C=O) groups is 2. The largest absolute Gasteiger partial charge is 3.00 e. The van der Waals surface area contributed by atoms with Crippen molar-refractivity contribution in [2.75, 3.05) is 0 Å². The summed E-state index contributed by atoms with van der Waals surface area (Å²) in [5.74, 6) is -4.37. The molecule has 47 valence electrons. The zero-order valence-electron chi connectivity index (χ0n) is 3.99. The number of carbonyl (C=O) groups excluding carboxylic acids is 2. The standard InChI is InChI=1S/C2H2O4.Fe.H3N/c3-1(4)2(5)6;;/h(H,3,4)(H,5,6);;1H3/q;+3;/p-1. The van der Waals surface area contributed by atoms with Gasteiger partial charge in [0.25, 0.3) is 0 Å². The van der Waals surface area contributed by atoms with E-state index in [2.05, 4.69) is 0 Å². The molecule has 0 amide bonds. The first-order valence-electron chi connectivity index (χ1n) is 1.07. The van der Waals surface area contributed by atoms with E-state index in [9.17, 15) is 0 Å². The molecule has 0 rings (SSSR count). The number of carboxylic acids is 2. The Kier molecular flexibility index (Phi) is 12.6. The maximum Gasteiger partial charge on any atom is 3.00 e. The molecule has 5 nitrogen and oxygen atoms in total. The summed E-state index contributed by atoms with van der Waals surface area (Å²) in [5.41, 5.74) is 0. The van der Waals surface area contributed by atoms with Crippen molar-refractivity contribution in [2.24, 2.45) is 0 Å². The van der Waals surface area contributed by atoms with E-state index in [0.29, 0.717) is 0 Å². The van der Waals surface area contributed by atoms with Crippen LogP contribution in [0.4, 0.5) is 0 Å². The van der Waals surface area contributed by atoms with Gasteiger partial charge in [-0.2, -0.15) is 0 Å². The van der Waals surface area contributed by atoms with Crippen molar-refractivity contribution in [1.82, 2.24) is 6.15 Å². The Morgan fingerprint density at radius 1 is 1.00 bits per heavy atom. The first-order chi connectivity index (χ1) is 2.64. The molecule has 0 aliphatic heterocycles. The molecule has 1 radical (unpaired) electrons. The van der Waals surface area contributed by atoms with Crippen LogP contribution >= 0.6 is 0 Å². The van der Waals surface area contributed by atoms with Gasteiger partial charge >= 0.3 is 17.1 Å². The van der Waals surface area contributed by atoms with Gasteiger partial charge < -0.3 is 26.0 Å². The molecule has 0 aliphatic rings. The zero-order chi connectivity index (χ0) is 5.15. The molecule has 0 bridgehead atoms. The fourth-order valence-electron chi connectivity index (χ4n) is 0. The van der Waals surface area contributed by atoms with Gasteiger partial charge in [-0.1, -0.05) is 0 Å². The van der Waals surface area contributed by atoms with Crippen LogP contribution in [0.1, 0.15) is 0 Å². The molecule has 6 heteroatoms. The smallest absolute Gasteiger partial charge is 0.543 e. The minimum absolute atomic E-state index is 0. The van der Waals surface area contributed by atoms with Gasteiger partial charge in [0, 0.05) is 0 Å². The summed E-state index contributed by atoms with van der Waals surface area (Å²) in [7, 11) is 0. The topological polar surface area (TPSA) is 117 Å². The van der Waals surface area contributed by atoms with Gasteiger partial charge in [-0.15, -0.1) is 0 Å². The Hall–Kier alpha value is -0.581. The molecule has 0 spiro atoms. The van der Waals surface area contributed by atoms with Crippen LogP contribution in [0.25, 0.3) is 0 Å². The second-order valence-corrected chi connectivity index (χ2v) is 0.575. The van der Waals surface area contributed by atoms with E-state index in [4.69, 9.17) is 19.8 Å². The predicted octanol–water partition coefficient (Wildman–Crippen LogP) is -3.14. The van der Waals surface area contributed by atoms with Gasteiger partial charge in [0.05, 0.1) is 11.9 Å². The SMILES string of the molecule is O=C([O-])C(=O)[O-].[Fe+3].[NH4+]. The molecule has 0 atom stereocenters. The van der Waals surface area contributed by atoms with Crippen molar-refractivity contribution in [3.05, 3.63) is 0 Å². The van der Waals surface area contributed by atoms with Crippen LogP contribution in [0.5, 0.6) is 0 Å². The third kappa shape index (κ3) is 9.05. The van der Waals surface area contributed by atoms with Gasteiger partial charge in [-0.25, -0.2) is 0 Å². The average molecular weight is 162 g/mol. The van der Waals surface area contributed by atoms with Crippen LogP contribution in [0.3, 0.4) is 0 Å². The molecule has 4 N–H and O–H groups in total. The summed E-state index contributed by atoms with van der Waals surface area (Å²) in [4.78, 5) is 17.9. The van der Waals surface area contributed by atoms with Crippen molar-refractivity contribution in [3.8, 4) is 0 Å². The summed E-state index contributed by atoms with van der Waals surface area (Å²) in [6, 6.07) is 0. The molecule has 8 heavy (non-hydrogen) atoms. The monoisotopic (exact) mass is 162 g/mol. The molecule has 0 aromatic heterocycles. The molecule has 0 aromatic rings. The van der Waals surface area contributed by atoms with Gasteiger partial charge in [-0.05, 0) is 0 Å². The van der Waals surface area contributed by atoms with Crippen LogP contribution in [-0.4, -0.2) is 11.9 Å². The fraction of sp³-hybridized carbons (Fsp3) is 0. The molecule has 0 aromatic carbocycles. The van der Waals surface area contributed by atoms with E-state index in [0.717, 1.165) is 0 Å². The van der Waals surface area contributed by atoms with Gasteiger partial charge in [0.15, 0.2) is 0 Å². The Morgan fingerprint density at radius 3 is 1.12 bits per heavy atom. The fourth-order valence-corrected chi connectivity index (χ4v) is 0. The Labute approximate surface area is 55.7 Å². The van der Waals surface area contributed by atoms with Gasteiger partial charge in [0.2, 0.25) is 0 Å². The summed E-state index contributed by atoms with van der Waals surface area (Å²) in [5, 5.41) is 17.9. The average Bonchev–Trinajstić information content (AvgIpc) is 1.36. The van der Waals surface area contributed by atoms with Crippen molar-refractivity contribution < 1.29 is 36.9 Å². The van der Waals surface area contributed by atoms with E-state index >= 15 is 0 Å². The third-order valence-electron chi connectivity index (χ3n) is 0.167. The first kappa shape index (κ1) is 15.7. The Morgan fingerprint density at radius 2 is 1.12 bits per heavy atom. The van der Waals surface area contributed by atoms with E-state index in [-0.39, 0.29) is 23.2 Å². The minimum Gasteiger partial charge on any atom is -0.543 e. The van der Waals surface area contributed by atoms with Crippen LogP contribution in [0.15, 0.2) is 0 Å². The van der Waals surface area contributed by atoms with Gasteiger partial charge in [-0.3, -0.25) is 0 Å². The maximum atomic E-state index is 8.93. The molecule has 0 aliphatic carbocycles. The van der Waals surface area contributed by atoms with E-state index < -0.39 is 11.9 Å². The molecule has 0 saturated carbocycles. The van der Waals surface area contributed by atoms with Gasteiger partial charge in [0.1, 0.15) is 0 Å². The normalized spacial score (nSPS) is 5.50. The van der Waals surface area contributed by atoms with Crippen LogP contribution in [0.2, 0.25) is 0 Å². The van der Waals surface area contributed by atoms with Crippen LogP contribution in [-0.2, 0) is 26.7 Å². The molecule has 0 unspecified atom stereocenters. The summed E-state index contributed by atoms with van der Waals surface area (Å²) < 4.78 is 0. The number of hydrogen-bond donors (Lipinski definition) is 1. The number of aliphatic carboxylic acids is 2. The van der Waals surface area contributed by atoms with Crippen molar-refractivity contribution >= 4 is 11.9 Å². The number of hydrogen-bond acceptors (Lipinski definition) is 4. The van der Waals surface area contributed by atoms with E-state index in [1.165, 1.54) is 0 Å².